The van der Waals surface area contributed by atoms with Gasteiger partial charge in [-0.05, 0) is 56.0 Å². The molecule has 2 N–H and O–H groups in total. The predicted octanol–water partition coefficient (Wildman–Crippen LogP) is 4.37. The summed E-state index contributed by atoms with van der Waals surface area (Å²) in [5, 5.41) is 3.94. The van der Waals surface area contributed by atoms with E-state index in [1.54, 1.807) is 13.0 Å². The van der Waals surface area contributed by atoms with E-state index in [0.717, 1.165) is 17.5 Å². The van der Waals surface area contributed by atoms with E-state index in [-0.39, 0.29) is 18.3 Å². The number of hydrogen-bond acceptors (Lipinski definition) is 3. The number of aromatic nitrogens is 1. The number of aromatic amines is 1. The van der Waals surface area contributed by atoms with Crippen LogP contribution in [0.15, 0.2) is 54.7 Å². The first-order chi connectivity index (χ1) is 13.0. The molecule has 0 unspecified atom stereocenters. The van der Waals surface area contributed by atoms with E-state index in [4.69, 9.17) is 4.74 Å². The highest BCUT2D eigenvalue weighted by atomic mass is 16.5. The van der Waals surface area contributed by atoms with Crippen LogP contribution in [0.2, 0.25) is 0 Å². The van der Waals surface area contributed by atoms with Crippen LogP contribution >= 0.6 is 0 Å². The molecule has 0 aliphatic carbocycles. The SMILES string of the molecule is Cc1cccc(NC(=O)[C@H](C)OC(=O)CCCc2c[nH]c3ccccc23)c1. The summed E-state index contributed by atoms with van der Waals surface area (Å²) in [5.74, 6) is -0.688. The molecule has 5 heteroatoms. The molecule has 0 radical (unpaired) electrons. The second kappa shape index (κ2) is 8.54. The third kappa shape index (κ3) is 4.97. The number of anilines is 1. The van der Waals surface area contributed by atoms with Crippen molar-refractivity contribution in [1.29, 1.82) is 0 Å². The number of benzene rings is 2. The molecule has 0 spiro atoms. The lowest BCUT2D eigenvalue weighted by Gasteiger charge is -2.13. The third-order valence-electron chi connectivity index (χ3n) is 4.46. The Bertz CT molecular complexity index is 945. The minimum Gasteiger partial charge on any atom is -0.453 e. The van der Waals surface area contributed by atoms with Crippen molar-refractivity contribution in [2.75, 3.05) is 5.32 Å². The standard InChI is InChI=1S/C22H24N2O3/c1-15-7-5-9-18(13-15)24-22(26)16(2)27-21(25)12-6-8-17-14-23-20-11-4-3-10-19(17)20/h3-5,7,9-11,13-14,16,23H,6,8,12H2,1-2H3,(H,24,26)/t16-/m0/s1. The fourth-order valence-corrected chi connectivity index (χ4v) is 3.04. The molecule has 0 saturated carbocycles. The molecule has 1 aromatic heterocycles. The number of carbonyl (C=O) groups is 2. The van der Waals surface area contributed by atoms with Crippen molar-refractivity contribution in [2.24, 2.45) is 0 Å². The van der Waals surface area contributed by atoms with Gasteiger partial charge in [0.1, 0.15) is 0 Å². The number of amides is 1. The highest BCUT2D eigenvalue weighted by Crippen LogP contribution is 2.19. The first kappa shape index (κ1) is 18.7. The number of ether oxygens (including phenoxy) is 1. The molecule has 27 heavy (non-hydrogen) atoms. The summed E-state index contributed by atoms with van der Waals surface area (Å²) in [4.78, 5) is 27.5. The average Bonchev–Trinajstić information content (AvgIpc) is 3.05. The predicted molar refractivity (Wildman–Crippen MR) is 107 cm³/mol. The number of rotatable bonds is 7. The number of fused-ring (bicyclic) bond motifs is 1. The molecule has 3 aromatic rings. The van der Waals surface area contributed by atoms with Gasteiger partial charge in [0.2, 0.25) is 0 Å². The molecule has 1 heterocycles. The second-order valence-corrected chi connectivity index (χ2v) is 6.70. The van der Waals surface area contributed by atoms with Crippen molar-refractivity contribution in [3.05, 3.63) is 65.9 Å². The number of nitrogens with one attached hydrogen (secondary N) is 2. The summed E-state index contributed by atoms with van der Waals surface area (Å²) in [5.41, 5.74) is 4.03. The molecule has 1 amide bonds. The molecule has 2 aromatic carbocycles. The molecular weight excluding hydrogens is 340 g/mol. The maximum atomic E-state index is 12.2. The van der Waals surface area contributed by atoms with E-state index in [9.17, 15) is 9.59 Å². The molecular formula is C22H24N2O3. The van der Waals surface area contributed by atoms with Gasteiger partial charge in [-0.15, -0.1) is 0 Å². The van der Waals surface area contributed by atoms with E-state index in [2.05, 4.69) is 16.4 Å². The Hall–Kier alpha value is -3.08. The van der Waals surface area contributed by atoms with Crippen LogP contribution in [0.1, 0.15) is 30.9 Å². The van der Waals surface area contributed by atoms with E-state index in [1.807, 2.05) is 49.5 Å². The Morgan fingerprint density at radius 3 is 2.78 bits per heavy atom. The lowest BCUT2D eigenvalue weighted by Crippen LogP contribution is -2.29. The summed E-state index contributed by atoms with van der Waals surface area (Å²) in [6.07, 6.45) is 2.89. The highest BCUT2D eigenvalue weighted by Gasteiger charge is 2.18. The number of H-pyrrole nitrogens is 1. The van der Waals surface area contributed by atoms with E-state index < -0.39 is 6.10 Å². The van der Waals surface area contributed by atoms with Gasteiger partial charge in [-0.3, -0.25) is 9.59 Å². The third-order valence-corrected chi connectivity index (χ3v) is 4.46. The summed E-state index contributed by atoms with van der Waals surface area (Å²) in [6, 6.07) is 15.6. The van der Waals surface area contributed by atoms with Crippen LogP contribution in [0.3, 0.4) is 0 Å². The van der Waals surface area contributed by atoms with Crippen LogP contribution in [-0.2, 0) is 20.7 Å². The fraction of sp³-hybridized carbons (Fsp3) is 0.273. The molecule has 0 aliphatic heterocycles. The van der Waals surface area contributed by atoms with Crippen LogP contribution in [0.4, 0.5) is 5.69 Å². The maximum Gasteiger partial charge on any atom is 0.306 e. The Labute approximate surface area is 158 Å². The Morgan fingerprint density at radius 2 is 1.96 bits per heavy atom. The highest BCUT2D eigenvalue weighted by molar-refractivity contribution is 5.95. The molecule has 0 bridgehead atoms. The van der Waals surface area contributed by atoms with Crippen LogP contribution in [0.25, 0.3) is 10.9 Å². The quantitative estimate of drug-likeness (QED) is 0.612. The number of esters is 1. The van der Waals surface area contributed by atoms with Crippen LogP contribution in [-0.4, -0.2) is 23.0 Å². The van der Waals surface area contributed by atoms with Crippen molar-refractivity contribution in [2.45, 2.75) is 39.2 Å². The number of carbonyl (C=O) groups excluding carboxylic acids is 2. The molecule has 1 atom stereocenters. The fourth-order valence-electron chi connectivity index (χ4n) is 3.04. The Morgan fingerprint density at radius 1 is 1.15 bits per heavy atom. The van der Waals surface area contributed by atoms with Gasteiger partial charge in [0, 0.05) is 29.2 Å². The van der Waals surface area contributed by atoms with Crippen molar-refractivity contribution in [3.63, 3.8) is 0 Å². The van der Waals surface area contributed by atoms with E-state index in [1.165, 1.54) is 10.9 Å². The van der Waals surface area contributed by atoms with Gasteiger partial charge in [-0.25, -0.2) is 0 Å². The summed E-state index contributed by atoms with van der Waals surface area (Å²) < 4.78 is 5.26. The first-order valence-electron chi connectivity index (χ1n) is 9.15. The van der Waals surface area contributed by atoms with Crippen LogP contribution in [0, 0.1) is 6.92 Å². The van der Waals surface area contributed by atoms with E-state index >= 15 is 0 Å². The minimum absolute atomic E-state index is 0.279. The number of hydrogen-bond donors (Lipinski definition) is 2. The molecule has 0 saturated heterocycles. The first-order valence-corrected chi connectivity index (χ1v) is 9.15. The zero-order valence-corrected chi connectivity index (χ0v) is 15.6. The lowest BCUT2D eigenvalue weighted by molar-refractivity contribution is -0.153. The maximum absolute atomic E-state index is 12.2. The van der Waals surface area contributed by atoms with Gasteiger partial charge in [-0.1, -0.05) is 30.3 Å². The molecule has 0 aliphatic rings. The normalized spacial score (nSPS) is 11.9. The van der Waals surface area contributed by atoms with Gasteiger partial charge in [-0.2, -0.15) is 0 Å². The smallest absolute Gasteiger partial charge is 0.306 e. The van der Waals surface area contributed by atoms with Crippen LogP contribution in [0.5, 0.6) is 0 Å². The monoisotopic (exact) mass is 364 g/mol. The van der Waals surface area contributed by atoms with Gasteiger partial charge in [0.15, 0.2) is 6.10 Å². The average molecular weight is 364 g/mol. The molecule has 140 valence electrons. The summed E-state index contributed by atoms with van der Waals surface area (Å²) in [7, 11) is 0. The zero-order valence-electron chi connectivity index (χ0n) is 15.6. The van der Waals surface area contributed by atoms with Gasteiger partial charge < -0.3 is 15.0 Å². The van der Waals surface area contributed by atoms with Gasteiger partial charge in [0.25, 0.3) is 5.91 Å². The lowest BCUT2D eigenvalue weighted by atomic mass is 10.1. The molecule has 5 nitrogen and oxygen atoms in total. The largest absolute Gasteiger partial charge is 0.453 e. The summed E-state index contributed by atoms with van der Waals surface area (Å²) in [6.45, 7) is 3.54. The minimum atomic E-state index is -0.828. The Balaban J connectivity index is 1.45. The van der Waals surface area contributed by atoms with Crippen molar-refractivity contribution in [3.8, 4) is 0 Å². The van der Waals surface area contributed by atoms with Crippen molar-refractivity contribution < 1.29 is 14.3 Å². The molecule has 0 fully saturated rings. The second-order valence-electron chi connectivity index (χ2n) is 6.70. The summed E-state index contributed by atoms with van der Waals surface area (Å²) >= 11 is 0. The topological polar surface area (TPSA) is 71.2 Å². The van der Waals surface area contributed by atoms with Gasteiger partial charge in [0.05, 0.1) is 0 Å². The molecule has 3 rings (SSSR count). The van der Waals surface area contributed by atoms with Crippen molar-refractivity contribution in [1.82, 2.24) is 4.98 Å². The number of para-hydroxylation sites is 1. The van der Waals surface area contributed by atoms with E-state index in [0.29, 0.717) is 12.1 Å². The number of aryl methyl sites for hydroxylation is 2. The van der Waals surface area contributed by atoms with Crippen molar-refractivity contribution >= 4 is 28.5 Å². The van der Waals surface area contributed by atoms with Gasteiger partial charge >= 0.3 is 5.97 Å². The zero-order chi connectivity index (χ0) is 19.2. The van der Waals surface area contributed by atoms with Crippen LogP contribution < -0.4 is 5.32 Å². The Kier molecular flexibility index (Phi) is 5.91.